The van der Waals surface area contributed by atoms with Gasteiger partial charge in [-0.15, -0.1) is 0 Å². The van der Waals surface area contributed by atoms with Gasteiger partial charge in [0.2, 0.25) is 11.1 Å². The highest BCUT2D eigenvalue weighted by Crippen LogP contribution is 2.34. The molecule has 0 amide bonds. The zero-order valence-corrected chi connectivity index (χ0v) is 14.2. The van der Waals surface area contributed by atoms with Crippen molar-refractivity contribution in [1.82, 2.24) is 0 Å². The molecule has 0 radical (unpaired) electrons. The fourth-order valence-electron chi connectivity index (χ4n) is 2.69. The van der Waals surface area contributed by atoms with Crippen LogP contribution in [-0.2, 0) is 5.41 Å². The maximum absolute atomic E-state index is 8.99. The second-order valence-corrected chi connectivity index (χ2v) is 6.54. The van der Waals surface area contributed by atoms with E-state index in [0.29, 0.717) is 11.4 Å². The van der Waals surface area contributed by atoms with Gasteiger partial charge in [-0.25, -0.2) is 0 Å². The van der Waals surface area contributed by atoms with E-state index in [1.165, 1.54) is 31.2 Å². The topological polar surface area (TPSA) is 37.4 Å². The van der Waals surface area contributed by atoms with Gasteiger partial charge in [-0.05, 0) is 35.6 Å². The third-order valence-electron chi connectivity index (χ3n) is 4.24. The first-order chi connectivity index (χ1) is 11.1. The molecule has 120 valence electrons. The highest BCUT2D eigenvalue weighted by atomic mass is 16.5. The van der Waals surface area contributed by atoms with E-state index in [4.69, 9.17) is 10.1 Å². The maximum Gasteiger partial charge on any atom is 0.426 e. The highest BCUT2D eigenvalue weighted by molar-refractivity contribution is 5.57. The molecule has 0 bridgehead atoms. The Morgan fingerprint density at radius 3 is 2.35 bits per heavy atom. The molecule has 0 N–H and O–H groups in total. The number of nitrogens with zero attached hydrogens (tertiary/aromatic N) is 2. The van der Waals surface area contributed by atoms with Gasteiger partial charge in [0.05, 0.1) is 0 Å². The maximum atomic E-state index is 8.99. The fourth-order valence-corrected chi connectivity index (χ4v) is 2.69. The van der Waals surface area contributed by atoms with E-state index in [1.54, 1.807) is 12.1 Å². The minimum absolute atomic E-state index is 0.173. The van der Waals surface area contributed by atoms with Crippen LogP contribution in [0.1, 0.15) is 52.0 Å². The molecule has 0 saturated carbocycles. The quantitative estimate of drug-likeness (QED) is 0.415. The van der Waals surface area contributed by atoms with Crippen molar-refractivity contribution in [3.05, 3.63) is 59.1 Å². The number of hydrogen-bond donors (Lipinski definition) is 0. The van der Waals surface area contributed by atoms with Gasteiger partial charge in [0.25, 0.3) is 0 Å². The number of ether oxygens (including phenoxy) is 1. The Morgan fingerprint density at radius 2 is 1.70 bits per heavy atom. The molecule has 0 aliphatic rings. The molecule has 2 aromatic rings. The largest absolute Gasteiger partial charge is 0.449 e. The smallest absolute Gasteiger partial charge is 0.426 e. The molecule has 2 rings (SSSR count). The van der Waals surface area contributed by atoms with Gasteiger partial charge >= 0.3 is 5.69 Å². The Labute approximate surface area is 138 Å². The van der Waals surface area contributed by atoms with Crippen molar-refractivity contribution in [2.45, 2.75) is 51.9 Å². The number of para-hydroxylation sites is 1. The van der Waals surface area contributed by atoms with Crippen LogP contribution >= 0.6 is 0 Å². The van der Waals surface area contributed by atoms with E-state index >= 15 is 0 Å². The second-order valence-electron chi connectivity index (χ2n) is 6.54. The summed E-state index contributed by atoms with van der Waals surface area (Å²) in [7, 11) is 0. The number of diazo groups is 1. The summed E-state index contributed by atoms with van der Waals surface area (Å²) in [5.74, 6) is 1.29. The average molecular weight is 309 g/mol. The fraction of sp³-hybridized carbons (Fsp3) is 0.400. The summed E-state index contributed by atoms with van der Waals surface area (Å²) in [4.78, 5) is 3.24. The third-order valence-corrected chi connectivity index (χ3v) is 4.24. The minimum atomic E-state index is 0.173. The van der Waals surface area contributed by atoms with Gasteiger partial charge in [-0.2, -0.15) is 0 Å². The summed E-state index contributed by atoms with van der Waals surface area (Å²) in [6, 6.07) is 15.4. The SMILES string of the molecule is CCCCCC(C)(C)c1ccc(Oc2ccccc2[N+]#N)cc1. The molecular formula is C20H25N2O+. The van der Waals surface area contributed by atoms with E-state index in [2.05, 4.69) is 37.9 Å². The number of hydrogen-bond acceptors (Lipinski definition) is 2. The van der Waals surface area contributed by atoms with Crippen molar-refractivity contribution in [2.24, 2.45) is 0 Å². The van der Waals surface area contributed by atoms with E-state index in [-0.39, 0.29) is 5.41 Å². The summed E-state index contributed by atoms with van der Waals surface area (Å²) in [6.45, 7) is 6.81. The lowest BCUT2D eigenvalue weighted by Gasteiger charge is -2.25. The van der Waals surface area contributed by atoms with Crippen molar-refractivity contribution in [3.63, 3.8) is 0 Å². The third kappa shape index (κ3) is 4.56. The average Bonchev–Trinajstić information content (AvgIpc) is 2.56. The molecular weight excluding hydrogens is 284 g/mol. The summed E-state index contributed by atoms with van der Waals surface area (Å²) in [5.41, 5.74) is 1.92. The normalized spacial score (nSPS) is 11.0. The van der Waals surface area contributed by atoms with Crippen LogP contribution in [0.15, 0.2) is 48.5 Å². The van der Waals surface area contributed by atoms with Crippen LogP contribution in [0, 0.1) is 5.39 Å². The lowest BCUT2D eigenvalue weighted by atomic mass is 9.80. The molecule has 0 heterocycles. The van der Waals surface area contributed by atoms with Gasteiger partial charge in [0.1, 0.15) is 5.75 Å². The molecule has 0 aliphatic heterocycles. The van der Waals surface area contributed by atoms with E-state index in [9.17, 15) is 0 Å². The summed E-state index contributed by atoms with van der Waals surface area (Å²) in [5, 5.41) is 8.99. The molecule has 0 fully saturated rings. The molecule has 0 aromatic heterocycles. The molecule has 0 aliphatic carbocycles. The van der Waals surface area contributed by atoms with E-state index in [1.807, 2.05) is 24.3 Å². The molecule has 0 saturated heterocycles. The van der Waals surface area contributed by atoms with Gasteiger partial charge in [-0.3, -0.25) is 0 Å². The van der Waals surface area contributed by atoms with Crippen molar-refractivity contribution in [1.29, 1.82) is 5.39 Å². The van der Waals surface area contributed by atoms with Crippen molar-refractivity contribution >= 4 is 5.69 Å². The predicted octanol–water partition coefficient (Wildman–Crippen LogP) is 6.82. The van der Waals surface area contributed by atoms with Crippen molar-refractivity contribution in [3.8, 4) is 11.5 Å². The monoisotopic (exact) mass is 309 g/mol. The molecule has 23 heavy (non-hydrogen) atoms. The number of benzene rings is 2. The Kier molecular flexibility index (Phi) is 5.76. The van der Waals surface area contributed by atoms with Gasteiger partial charge < -0.3 is 4.74 Å². The van der Waals surface area contributed by atoms with Crippen molar-refractivity contribution in [2.75, 3.05) is 0 Å². The molecule has 0 unspecified atom stereocenters. The minimum Gasteiger partial charge on any atom is -0.449 e. The second kappa shape index (κ2) is 7.78. The molecule has 2 aromatic carbocycles. The van der Waals surface area contributed by atoms with Crippen LogP contribution in [0.25, 0.3) is 4.98 Å². The van der Waals surface area contributed by atoms with Crippen LogP contribution in [0.2, 0.25) is 0 Å². The number of rotatable bonds is 7. The van der Waals surface area contributed by atoms with Crippen LogP contribution in [0.4, 0.5) is 5.69 Å². The van der Waals surface area contributed by atoms with Gasteiger partial charge in [-0.1, -0.05) is 64.3 Å². The first-order valence-corrected chi connectivity index (χ1v) is 8.29. The highest BCUT2D eigenvalue weighted by Gasteiger charge is 2.20. The number of unbranched alkanes of at least 4 members (excludes halogenated alkanes) is 2. The molecule has 3 heteroatoms. The van der Waals surface area contributed by atoms with Gasteiger partial charge in [0.15, 0.2) is 4.98 Å². The summed E-state index contributed by atoms with van der Waals surface area (Å²) < 4.78 is 5.81. The molecule has 0 atom stereocenters. The van der Waals surface area contributed by atoms with Crippen LogP contribution in [0.3, 0.4) is 0 Å². The molecule has 3 nitrogen and oxygen atoms in total. The molecule has 0 spiro atoms. The van der Waals surface area contributed by atoms with Gasteiger partial charge in [0, 0.05) is 6.07 Å². The summed E-state index contributed by atoms with van der Waals surface area (Å²) in [6.07, 6.45) is 4.98. The predicted molar refractivity (Wildman–Crippen MR) is 94.9 cm³/mol. The van der Waals surface area contributed by atoms with E-state index < -0.39 is 0 Å². The van der Waals surface area contributed by atoms with Crippen LogP contribution in [-0.4, -0.2) is 0 Å². The summed E-state index contributed by atoms with van der Waals surface area (Å²) >= 11 is 0. The zero-order chi connectivity index (χ0) is 16.7. The zero-order valence-electron chi connectivity index (χ0n) is 14.2. The lowest BCUT2D eigenvalue weighted by molar-refractivity contribution is 0.448. The Bertz CT molecular complexity index is 669. The lowest BCUT2D eigenvalue weighted by Crippen LogP contribution is -2.16. The Balaban J connectivity index is 2.09. The Hall–Kier alpha value is -2.34. The first kappa shape index (κ1) is 17.0. The van der Waals surface area contributed by atoms with Crippen LogP contribution in [0.5, 0.6) is 11.5 Å². The standard InChI is InChI=1S/C20H25N2O/c1-4-5-8-15-20(2,3)16-11-13-17(14-12-16)23-19-10-7-6-9-18(19)22-21/h6-7,9-14H,4-5,8,15H2,1-3H3/q+1. The van der Waals surface area contributed by atoms with Crippen LogP contribution < -0.4 is 4.74 Å². The Morgan fingerprint density at radius 1 is 1.00 bits per heavy atom. The first-order valence-electron chi connectivity index (χ1n) is 8.29. The van der Waals surface area contributed by atoms with Crippen molar-refractivity contribution < 1.29 is 4.74 Å². The van der Waals surface area contributed by atoms with E-state index in [0.717, 1.165) is 5.75 Å².